The van der Waals surface area contributed by atoms with E-state index in [0.29, 0.717) is 12.8 Å². The van der Waals surface area contributed by atoms with E-state index in [1.54, 1.807) is 0 Å². The van der Waals surface area contributed by atoms with E-state index in [0.717, 1.165) is 64.2 Å². The van der Waals surface area contributed by atoms with Crippen molar-refractivity contribution < 1.29 is 47.5 Å². The molecule has 0 aromatic heterocycles. The topological polar surface area (TPSA) is 172 Å². The molecule has 0 saturated heterocycles. The minimum absolute atomic E-state index is 0.145. The highest BCUT2D eigenvalue weighted by Crippen LogP contribution is 2.43. The van der Waals surface area contributed by atoms with Crippen molar-refractivity contribution in [1.82, 2.24) is 0 Å². The summed E-state index contributed by atoms with van der Waals surface area (Å²) in [7, 11) is -4.72. The lowest BCUT2D eigenvalue weighted by atomic mass is 10.1. The maximum atomic E-state index is 12.6. The van der Waals surface area contributed by atoms with Crippen LogP contribution in [0.4, 0.5) is 0 Å². The molecule has 3 unspecified atom stereocenters. The number of carboxylic acid groups (broad SMARTS) is 1. The van der Waals surface area contributed by atoms with Gasteiger partial charge in [0.05, 0.1) is 13.2 Å². The average Bonchev–Trinajstić information content (AvgIpc) is 3.21. The molecule has 344 valence electrons. The molecule has 0 heterocycles. The molecule has 4 N–H and O–H groups in total. The summed E-state index contributed by atoms with van der Waals surface area (Å²) >= 11 is 0. The lowest BCUT2D eigenvalue weighted by Gasteiger charge is -2.20. The van der Waals surface area contributed by atoms with Gasteiger partial charge in [-0.2, -0.15) is 0 Å². The van der Waals surface area contributed by atoms with Crippen LogP contribution >= 0.6 is 7.82 Å². The summed E-state index contributed by atoms with van der Waals surface area (Å²) in [6.07, 6.45) is 46.3. The van der Waals surface area contributed by atoms with Gasteiger partial charge in [0, 0.05) is 12.8 Å². The maximum Gasteiger partial charge on any atom is 0.472 e. The summed E-state index contributed by atoms with van der Waals surface area (Å²) in [5, 5.41) is 8.90. The van der Waals surface area contributed by atoms with E-state index in [-0.39, 0.29) is 19.4 Å². The molecule has 0 rings (SSSR count). The number of hydrogen-bond acceptors (Lipinski definition) is 9. The van der Waals surface area contributed by atoms with Gasteiger partial charge in [-0.25, -0.2) is 4.57 Å². The van der Waals surface area contributed by atoms with E-state index < -0.39 is 51.1 Å². The largest absolute Gasteiger partial charge is 0.480 e. The fraction of sp³-hybridized carbons (Fsp3) is 0.809. The number of phosphoric acid groups is 1. The predicted octanol–water partition coefficient (Wildman–Crippen LogP) is 12.8. The quantitative estimate of drug-likeness (QED) is 0.0230. The number of carboxylic acids is 1. The Morgan fingerprint density at radius 3 is 1.36 bits per heavy atom. The zero-order chi connectivity index (χ0) is 43.5. The van der Waals surface area contributed by atoms with E-state index in [4.69, 9.17) is 24.8 Å². The number of allylic oxidation sites excluding steroid dienone is 6. The van der Waals surface area contributed by atoms with Gasteiger partial charge >= 0.3 is 25.7 Å². The van der Waals surface area contributed by atoms with Crippen molar-refractivity contribution in [3.63, 3.8) is 0 Å². The third-order valence-electron chi connectivity index (χ3n) is 10.1. The minimum Gasteiger partial charge on any atom is -0.480 e. The van der Waals surface area contributed by atoms with Crippen LogP contribution in [-0.4, -0.2) is 59.9 Å². The molecule has 0 saturated carbocycles. The van der Waals surface area contributed by atoms with Gasteiger partial charge in [-0.1, -0.05) is 166 Å². The van der Waals surface area contributed by atoms with Crippen molar-refractivity contribution in [2.24, 2.45) is 5.73 Å². The molecule has 3 atom stereocenters. The van der Waals surface area contributed by atoms with Crippen molar-refractivity contribution >= 4 is 25.7 Å². The van der Waals surface area contributed by atoms with Crippen molar-refractivity contribution in [2.45, 2.75) is 225 Å². The molecule has 59 heavy (non-hydrogen) atoms. The Bertz CT molecular complexity index is 1140. The van der Waals surface area contributed by atoms with Gasteiger partial charge in [0.15, 0.2) is 6.10 Å². The molecule has 0 bridgehead atoms. The lowest BCUT2D eigenvalue weighted by molar-refractivity contribution is -0.161. The van der Waals surface area contributed by atoms with Gasteiger partial charge < -0.3 is 25.2 Å². The Balaban J connectivity index is 4.32. The number of phosphoric ester groups is 1. The van der Waals surface area contributed by atoms with Gasteiger partial charge in [-0.3, -0.25) is 23.4 Å². The van der Waals surface area contributed by atoms with Crippen molar-refractivity contribution in [2.75, 3.05) is 19.8 Å². The monoisotopic (exact) mass is 856 g/mol. The van der Waals surface area contributed by atoms with Crippen LogP contribution < -0.4 is 5.73 Å². The summed E-state index contributed by atoms with van der Waals surface area (Å²) < 4.78 is 32.7. The normalized spacial score (nSPS) is 14.0. The molecule has 0 aliphatic heterocycles. The average molecular weight is 856 g/mol. The van der Waals surface area contributed by atoms with E-state index >= 15 is 0 Å². The highest BCUT2D eigenvalue weighted by Gasteiger charge is 2.28. The predicted molar refractivity (Wildman–Crippen MR) is 240 cm³/mol. The van der Waals surface area contributed by atoms with Crippen LogP contribution in [0.2, 0.25) is 0 Å². The molecule has 0 aromatic rings. The van der Waals surface area contributed by atoms with Crippen LogP contribution in [0.3, 0.4) is 0 Å². The molecule has 0 radical (unpaired) electrons. The first-order valence-electron chi connectivity index (χ1n) is 23.5. The summed E-state index contributed by atoms with van der Waals surface area (Å²) in [4.78, 5) is 46.0. The van der Waals surface area contributed by atoms with Gasteiger partial charge in [0.1, 0.15) is 12.6 Å². The zero-order valence-electron chi connectivity index (χ0n) is 37.3. The molecule has 0 aromatic carbocycles. The number of unbranched alkanes of at least 4 members (excludes halogenated alkanes) is 24. The lowest BCUT2D eigenvalue weighted by Crippen LogP contribution is -2.34. The third-order valence-corrected chi connectivity index (χ3v) is 11.1. The molecule has 0 spiro atoms. The number of esters is 2. The highest BCUT2D eigenvalue weighted by molar-refractivity contribution is 7.47. The third kappa shape index (κ3) is 42.2. The Labute approximate surface area is 359 Å². The number of rotatable bonds is 44. The zero-order valence-corrected chi connectivity index (χ0v) is 38.2. The maximum absolute atomic E-state index is 12.6. The molecular formula is C47H86NO10P. The van der Waals surface area contributed by atoms with Crippen molar-refractivity contribution in [3.05, 3.63) is 36.5 Å². The molecule has 12 heteroatoms. The summed E-state index contributed by atoms with van der Waals surface area (Å²) in [5.74, 6) is -2.39. The van der Waals surface area contributed by atoms with Crippen LogP contribution in [0.5, 0.6) is 0 Å². The Morgan fingerprint density at radius 1 is 0.525 bits per heavy atom. The summed E-state index contributed by atoms with van der Waals surface area (Å²) in [6.45, 7) is 2.78. The SMILES string of the molecule is CCCCCC/C=C\C/C=C\CCCCCCCC(=O)OC(COC(=O)CCCCCCCCCCC/C=C\CCCCCCCC)COP(=O)(O)OCC(N)C(=O)O. The van der Waals surface area contributed by atoms with Crippen molar-refractivity contribution in [1.29, 1.82) is 0 Å². The van der Waals surface area contributed by atoms with Crippen LogP contribution in [-0.2, 0) is 37.5 Å². The smallest absolute Gasteiger partial charge is 0.472 e. The Hall–Kier alpha value is -2.30. The standard InChI is InChI=1S/C47H86NO10P/c1-3-5-7-9-11-13-15-17-19-21-22-23-25-26-28-30-32-34-36-38-45(49)55-40-43(41-56-59(53,54)57-42-44(48)47(51)52)58-46(50)39-37-35-33-31-29-27-24-20-18-16-14-12-10-8-6-4-2/h14,16-17,19-20,24,43-44H,3-13,15,18,21-23,25-42,48H2,1-2H3,(H,51,52)(H,53,54)/b16-14-,19-17-,24-20-. The van der Waals surface area contributed by atoms with Gasteiger partial charge in [-0.05, 0) is 70.6 Å². The van der Waals surface area contributed by atoms with Crippen molar-refractivity contribution in [3.8, 4) is 0 Å². The summed E-state index contributed by atoms with van der Waals surface area (Å²) in [6, 6.07) is -1.52. The molecular weight excluding hydrogens is 769 g/mol. The Kier molecular flexibility index (Phi) is 40.7. The highest BCUT2D eigenvalue weighted by atomic mass is 31.2. The molecule has 0 amide bonds. The molecule has 0 fully saturated rings. The fourth-order valence-corrected chi connectivity index (χ4v) is 7.16. The number of ether oxygens (including phenoxy) is 2. The van der Waals surface area contributed by atoms with E-state index in [9.17, 15) is 23.8 Å². The van der Waals surface area contributed by atoms with E-state index in [1.165, 1.54) is 109 Å². The van der Waals surface area contributed by atoms with Gasteiger partial charge in [0.2, 0.25) is 0 Å². The second-order valence-electron chi connectivity index (χ2n) is 15.9. The fourth-order valence-electron chi connectivity index (χ4n) is 6.38. The van der Waals surface area contributed by atoms with E-state index in [1.807, 2.05) is 0 Å². The van der Waals surface area contributed by atoms with E-state index in [2.05, 4.69) is 54.8 Å². The number of nitrogens with two attached hydrogens (primary N) is 1. The second kappa shape index (κ2) is 42.4. The molecule has 0 aliphatic rings. The van der Waals surface area contributed by atoms with Gasteiger partial charge in [-0.15, -0.1) is 0 Å². The number of carbonyl (C=O) groups excluding carboxylic acids is 2. The number of carbonyl (C=O) groups is 3. The first-order chi connectivity index (χ1) is 28.6. The number of aliphatic carboxylic acids is 1. The first-order valence-corrected chi connectivity index (χ1v) is 25.0. The van der Waals surface area contributed by atoms with Crippen LogP contribution in [0.25, 0.3) is 0 Å². The van der Waals surface area contributed by atoms with Gasteiger partial charge in [0.25, 0.3) is 0 Å². The summed E-state index contributed by atoms with van der Waals surface area (Å²) in [5.41, 5.74) is 5.34. The second-order valence-corrected chi connectivity index (χ2v) is 17.3. The Morgan fingerprint density at radius 2 is 0.898 bits per heavy atom. The number of hydrogen-bond donors (Lipinski definition) is 3. The first kappa shape index (κ1) is 56.7. The van der Waals surface area contributed by atoms with Crippen LogP contribution in [0.1, 0.15) is 213 Å². The van der Waals surface area contributed by atoms with Crippen LogP contribution in [0, 0.1) is 0 Å². The minimum atomic E-state index is -4.72. The van der Waals surface area contributed by atoms with Crippen LogP contribution in [0.15, 0.2) is 36.5 Å². The molecule has 0 aliphatic carbocycles. The molecule has 11 nitrogen and oxygen atoms in total.